The van der Waals surface area contributed by atoms with Gasteiger partial charge in [-0.3, -0.25) is 4.79 Å². The highest BCUT2D eigenvalue weighted by molar-refractivity contribution is 5.81. The molecule has 2 aliphatic rings. The van der Waals surface area contributed by atoms with Gasteiger partial charge in [0.2, 0.25) is 5.91 Å². The van der Waals surface area contributed by atoms with E-state index in [-0.39, 0.29) is 23.5 Å². The average Bonchev–Trinajstić information content (AvgIpc) is 3.30. The topological polar surface area (TPSA) is 63.4 Å². The van der Waals surface area contributed by atoms with Crippen molar-refractivity contribution in [3.05, 3.63) is 23.8 Å². The molecule has 0 spiro atoms. The number of aromatic nitrogens is 4. The maximum absolute atomic E-state index is 13.2. The number of likely N-dealkylation sites (tertiary alicyclic amines) is 1. The van der Waals surface area contributed by atoms with Crippen molar-refractivity contribution in [2.45, 2.75) is 37.8 Å². The molecule has 0 atom stereocenters. The first kappa shape index (κ1) is 15.3. The highest BCUT2D eigenvalue weighted by Crippen LogP contribution is 2.36. The summed E-state index contributed by atoms with van der Waals surface area (Å²) in [7, 11) is 0. The van der Waals surface area contributed by atoms with Gasteiger partial charge in [-0.25, -0.2) is 4.98 Å². The van der Waals surface area contributed by atoms with E-state index >= 15 is 0 Å². The number of rotatable bonds is 2. The Labute approximate surface area is 135 Å². The minimum Gasteiger partial charge on any atom is -0.342 e. The van der Waals surface area contributed by atoms with Gasteiger partial charge in [0.1, 0.15) is 6.33 Å². The predicted molar refractivity (Wildman–Crippen MR) is 77.1 cm³/mol. The highest BCUT2D eigenvalue weighted by Gasteiger charge is 2.38. The third kappa shape index (κ3) is 2.71. The van der Waals surface area contributed by atoms with Crippen LogP contribution in [0.2, 0.25) is 0 Å². The van der Waals surface area contributed by atoms with Gasteiger partial charge in [0.15, 0.2) is 5.69 Å². The normalized spacial score (nSPS) is 19.9. The fourth-order valence-electron chi connectivity index (χ4n) is 3.23. The Hall–Kier alpha value is -2.19. The first-order chi connectivity index (χ1) is 11.4. The summed E-state index contributed by atoms with van der Waals surface area (Å²) in [6.07, 6.45) is -0.303. The molecule has 1 amide bonds. The molecule has 0 radical (unpaired) electrons. The zero-order valence-corrected chi connectivity index (χ0v) is 12.8. The van der Waals surface area contributed by atoms with E-state index in [0.29, 0.717) is 31.6 Å². The van der Waals surface area contributed by atoms with E-state index in [1.807, 2.05) is 4.90 Å². The highest BCUT2D eigenvalue weighted by atomic mass is 19.4. The molecule has 1 aliphatic carbocycles. The van der Waals surface area contributed by atoms with Gasteiger partial charge in [0.05, 0.1) is 0 Å². The van der Waals surface area contributed by atoms with Crippen LogP contribution in [0.4, 0.5) is 13.2 Å². The molecule has 1 saturated carbocycles. The summed E-state index contributed by atoms with van der Waals surface area (Å²) in [5.74, 6) is 0.210. The fourth-order valence-corrected chi connectivity index (χ4v) is 3.23. The smallest absolute Gasteiger partial charge is 0.342 e. The van der Waals surface area contributed by atoms with Crippen LogP contribution in [0, 0.1) is 5.92 Å². The summed E-state index contributed by atoms with van der Waals surface area (Å²) in [4.78, 5) is 21.9. The Kier molecular flexibility index (Phi) is 3.47. The number of alkyl halides is 3. The van der Waals surface area contributed by atoms with Gasteiger partial charge < -0.3 is 4.90 Å². The lowest BCUT2D eigenvalue weighted by molar-refractivity contribution is -0.142. The van der Waals surface area contributed by atoms with Crippen molar-refractivity contribution in [1.82, 2.24) is 24.5 Å². The molecule has 2 fully saturated rings. The van der Waals surface area contributed by atoms with Crippen LogP contribution < -0.4 is 0 Å². The molecule has 128 valence electrons. The Morgan fingerprint density at radius 2 is 1.88 bits per heavy atom. The van der Waals surface area contributed by atoms with Crippen LogP contribution in [0.25, 0.3) is 5.78 Å². The van der Waals surface area contributed by atoms with Gasteiger partial charge in [-0.15, -0.1) is 0 Å². The van der Waals surface area contributed by atoms with Gasteiger partial charge in [-0.2, -0.15) is 27.8 Å². The second-order valence-corrected chi connectivity index (χ2v) is 6.41. The standard InChI is InChI=1S/C15H16F3N5O/c16-15(17,18)12-7-11(21-14-19-8-20-23(12)14)9-3-5-22(6-4-9)13(24)10-1-2-10/h7-10H,1-6H2. The number of nitrogens with zero attached hydrogens (tertiary/aromatic N) is 5. The van der Waals surface area contributed by atoms with Crippen molar-refractivity contribution < 1.29 is 18.0 Å². The Morgan fingerprint density at radius 3 is 2.50 bits per heavy atom. The Balaban J connectivity index is 1.57. The third-order valence-corrected chi connectivity index (χ3v) is 4.71. The van der Waals surface area contributed by atoms with Crippen molar-refractivity contribution in [1.29, 1.82) is 0 Å². The van der Waals surface area contributed by atoms with Crippen LogP contribution in [0.1, 0.15) is 43.0 Å². The lowest BCUT2D eigenvalue weighted by atomic mass is 9.92. The SMILES string of the molecule is O=C(C1CC1)N1CCC(c2cc(C(F)(F)F)n3ncnc3n2)CC1. The maximum Gasteiger partial charge on any atom is 0.433 e. The Morgan fingerprint density at radius 1 is 1.17 bits per heavy atom. The molecule has 2 aromatic rings. The summed E-state index contributed by atoms with van der Waals surface area (Å²) < 4.78 is 40.4. The number of carbonyl (C=O) groups excluding carboxylic acids is 1. The van der Waals surface area contributed by atoms with E-state index < -0.39 is 11.9 Å². The zero-order valence-electron chi connectivity index (χ0n) is 12.8. The van der Waals surface area contributed by atoms with Crippen molar-refractivity contribution >= 4 is 11.7 Å². The van der Waals surface area contributed by atoms with Gasteiger partial charge in [-0.05, 0) is 31.7 Å². The van der Waals surface area contributed by atoms with Gasteiger partial charge in [0, 0.05) is 30.6 Å². The van der Waals surface area contributed by atoms with Gasteiger partial charge in [-0.1, -0.05) is 0 Å². The van der Waals surface area contributed by atoms with E-state index in [2.05, 4.69) is 15.1 Å². The Bertz CT molecular complexity index is 775. The van der Waals surface area contributed by atoms with E-state index in [0.717, 1.165) is 29.8 Å². The molecule has 0 unspecified atom stereocenters. The number of piperidine rings is 1. The quantitative estimate of drug-likeness (QED) is 0.842. The number of hydrogen-bond donors (Lipinski definition) is 0. The summed E-state index contributed by atoms with van der Waals surface area (Å²) in [6, 6.07) is 1.06. The van der Waals surface area contributed by atoms with E-state index in [9.17, 15) is 18.0 Å². The van der Waals surface area contributed by atoms with Crippen molar-refractivity contribution in [3.63, 3.8) is 0 Å². The first-order valence-corrected chi connectivity index (χ1v) is 8.00. The molecule has 1 saturated heterocycles. The number of amides is 1. The summed E-state index contributed by atoms with van der Waals surface area (Å²) in [6.45, 7) is 1.14. The first-order valence-electron chi connectivity index (χ1n) is 8.00. The van der Waals surface area contributed by atoms with Crippen LogP contribution in [0.5, 0.6) is 0 Å². The molecule has 2 aromatic heterocycles. The molecule has 3 heterocycles. The number of halogens is 3. The van der Waals surface area contributed by atoms with Crippen molar-refractivity contribution in [2.75, 3.05) is 13.1 Å². The van der Waals surface area contributed by atoms with Crippen molar-refractivity contribution in [2.24, 2.45) is 5.92 Å². The molecular weight excluding hydrogens is 323 g/mol. The zero-order chi connectivity index (χ0) is 16.9. The largest absolute Gasteiger partial charge is 0.433 e. The molecule has 6 nitrogen and oxygen atoms in total. The predicted octanol–water partition coefficient (Wildman–Crippen LogP) is 2.26. The molecule has 9 heteroatoms. The summed E-state index contributed by atoms with van der Waals surface area (Å²) in [5, 5.41) is 3.60. The van der Waals surface area contributed by atoms with Crippen LogP contribution in [0.15, 0.2) is 12.4 Å². The van der Waals surface area contributed by atoms with Gasteiger partial charge >= 0.3 is 6.18 Å². The van der Waals surface area contributed by atoms with Gasteiger partial charge in [0.25, 0.3) is 5.78 Å². The minimum absolute atomic E-state index is 0.0451. The van der Waals surface area contributed by atoms with E-state index in [1.165, 1.54) is 0 Å². The molecule has 1 aliphatic heterocycles. The van der Waals surface area contributed by atoms with Crippen LogP contribution >= 0.6 is 0 Å². The van der Waals surface area contributed by atoms with E-state index in [1.54, 1.807) is 0 Å². The average molecular weight is 339 g/mol. The summed E-state index contributed by atoms with van der Waals surface area (Å²) in [5.41, 5.74) is -0.488. The molecular formula is C15H16F3N5O. The third-order valence-electron chi connectivity index (χ3n) is 4.71. The number of carbonyl (C=O) groups is 1. The monoisotopic (exact) mass is 339 g/mol. The van der Waals surface area contributed by atoms with Crippen molar-refractivity contribution in [3.8, 4) is 0 Å². The maximum atomic E-state index is 13.2. The number of hydrogen-bond acceptors (Lipinski definition) is 4. The molecule has 0 bridgehead atoms. The second kappa shape index (κ2) is 5.42. The molecule has 24 heavy (non-hydrogen) atoms. The lowest BCUT2D eigenvalue weighted by Crippen LogP contribution is -2.39. The number of fused-ring (bicyclic) bond motifs is 1. The summed E-state index contributed by atoms with van der Waals surface area (Å²) >= 11 is 0. The van der Waals surface area contributed by atoms with E-state index in [4.69, 9.17) is 0 Å². The van der Waals surface area contributed by atoms with Crippen LogP contribution in [-0.4, -0.2) is 43.5 Å². The minimum atomic E-state index is -4.52. The van der Waals surface area contributed by atoms with Crippen LogP contribution in [0.3, 0.4) is 0 Å². The van der Waals surface area contributed by atoms with Crippen LogP contribution in [-0.2, 0) is 11.0 Å². The molecule has 0 aromatic carbocycles. The second-order valence-electron chi connectivity index (χ2n) is 6.41. The molecule has 4 rings (SSSR count). The fraction of sp³-hybridized carbons (Fsp3) is 0.600. The molecule has 0 N–H and O–H groups in total. The lowest BCUT2D eigenvalue weighted by Gasteiger charge is -2.32.